The molecular weight excluding hydrogens is 376 g/mol. The smallest absolute Gasteiger partial charge is 0.255 e. The molecule has 0 aliphatic carbocycles. The lowest BCUT2D eigenvalue weighted by molar-refractivity contribution is 0.102. The van der Waals surface area contributed by atoms with Gasteiger partial charge in [0.05, 0.1) is 6.61 Å². The molecule has 0 radical (unpaired) electrons. The molecule has 0 fully saturated rings. The van der Waals surface area contributed by atoms with Gasteiger partial charge in [-0.2, -0.15) is 0 Å². The van der Waals surface area contributed by atoms with Crippen molar-refractivity contribution in [1.29, 1.82) is 0 Å². The number of hydrogen-bond acceptors (Lipinski definition) is 4. The van der Waals surface area contributed by atoms with Gasteiger partial charge in [-0.1, -0.05) is 24.6 Å². The minimum Gasteiger partial charge on any atom is -0.492 e. The Labute approximate surface area is 158 Å². The van der Waals surface area contributed by atoms with Gasteiger partial charge in [0.25, 0.3) is 5.91 Å². The molecule has 0 bridgehead atoms. The molecule has 0 heterocycles. The lowest BCUT2D eigenvalue weighted by atomic mass is 10.2. The Morgan fingerprint density at radius 1 is 1.15 bits per heavy atom. The molecular formula is C18H21ClN2O4S. The van der Waals surface area contributed by atoms with E-state index in [1.54, 1.807) is 32.0 Å². The Balaban J connectivity index is 2.36. The van der Waals surface area contributed by atoms with Crippen molar-refractivity contribution >= 4 is 33.2 Å². The summed E-state index contributed by atoms with van der Waals surface area (Å²) >= 11 is 6.06. The van der Waals surface area contributed by atoms with Crippen LogP contribution in [0, 0.1) is 6.92 Å². The number of anilines is 1. The third-order valence-electron chi connectivity index (χ3n) is 3.56. The third-order valence-corrected chi connectivity index (χ3v) is 5.53. The van der Waals surface area contributed by atoms with E-state index in [2.05, 4.69) is 10.0 Å². The van der Waals surface area contributed by atoms with Crippen LogP contribution in [-0.4, -0.2) is 27.5 Å². The van der Waals surface area contributed by atoms with Crippen LogP contribution in [0.1, 0.15) is 29.8 Å². The van der Waals surface area contributed by atoms with Crippen molar-refractivity contribution in [2.45, 2.75) is 25.7 Å². The Kier molecular flexibility index (Phi) is 6.63. The summed E-state index contributed by atoms with van der Waals surface area (Å²) in [5, 5.41) is 3.24. The summed E-state index contributed by atoms with van der Waals surface area (Å²) in [6.07, 6.45) is 0. The molecule has 0 atom stereocenters. The van der Waals surface area contributed by atoms with E-state index in [1.807, 2.05) is 6.92 Å². The number of amides is 1. The minimum absolute atomic E-state index is 0.0733. The maximum absolute atomic E-state index is 12.5. The van der Waals surface area contributed by atoms with Crippen molar-refractivity contribution in [3.05, 3.63) is 52.5 Å². The molecule has 1 amide bonds. The fourth-order valence-corrected chi connectivity index (χ4v) is 3.67. The number of halogens is 1. The van der Waals surface area contributed by atoms with Crippen molar-refractivity contribution < 1.29 is 17.9 Å². The second-order valence-corrected chi connectivity index (χ2v) is 7.66. The van der Waals surface area contributed by atoms with Crippen LogP contribution in [0.15, 0.2) is 41.3 Å². The van der Waals surface area contributed by atoms with E-state index in [1.165, 1.54) is 18.2 Å². The number of carbonyl (C=O) groups is 1. The number of benzene rings is 2. The van der Waals surface area contributed by atoms with Gasteiger partial charge in [0.15, 0.2) is 0 Å². The van der Waals surface area contributed by atoms with Crippen molar-refractivity contribution in [3.8, 4) is 5.75 Å². The predicted octanol–water partition coefficient (Wildman–Crippen LogP) is 3.60. The quantitative estimate of drug-likeness (QED) is 0.748. The molecule has 0 aromatic heterocycles. The monoisotopic (exact) mass is 396 g/mol. The van der Waals surface area contributed by atoms with Crippen LogP contribution in [-0.2, 0) is 10.0 Å². The summed E-state index contributed by atoms with van der Waals surface area (Å²) < 4.78 is 32.6. The lowest BCUT2D eigenvalue weighted by Crippen LogP contribution is -2.24. The molecule has 0 aliphatic rings. The first kappa shape index (κ1) is 20.2. The predicted molar refractivity (Wildman–Crippen MR) is 103 cm³/mol. The zero-order valence-corrected chi connectivity index (χ0v) is 16.4. The lowest BCUT2D eigenvalue weighted by Gasteiger charge is -2.13. The van der Waals surface area contributed by atoms with Gasteiger partial charge >= 0.3 is 0 Å². The number of carbonyl (C=O) groups excluding carboxylic acids is 1. The number of hydrogen-bond donors (Lipinski definition) is 2. The van der Waals surface area contributed by atoms with E-state index >= 15 is 0 Å². The molecule has 26 heavy (non-hydrogen) atoms. The molecule has 6 nitrogen and oxygen atoms in total. The molecule has 140 valence electrons. The molecule has 8 heteroatoms. The average molecular weight is 397 g/mol. The molecule has 2 aromatic carbocycles. The van der Waals surface area contributed by atoms with Gasteiger partial charge in [-0.15, -0.1) is 0 Å². The second kappa shape index (κ2) is 8.53. The first-order chi connectivity index (χ1) is 12.3. The highest BCUT2D eigenvalue weighted by Crippen LogP contribution is 2.26. The number of aryl methyl sites for hydroxylation is 1. The first-order valence-corrected chi connectivity index (χ1v) is 9.98. The Hall–Kier alpha value is -2.09. The summed E-state index contributed by atoms with van der Waals surface area (Å²) in [6.45, 7) is 5.83. The fraction of sp³-hybridized carbons (Fsp3) is 0.278. The van der Waals surface area contributed by atoms with Crippen LogP contribution in [0.2, 0.25) is 5.02 Å². The van der Waals surface area contributed by atoms with Crippen LogP contribution < -0.4 is 14.8 Å². The highest BCUT2D eigenvalue weighted by Gasteiger charge is 2.21. The fourth-order valence-electron chi connectivity index (χ4n) is 2.28. The van der Waals surface area contributed by atoms with Gasteiger partial charge in [0, 0.05) is 22.8 Å². The standard InChI is InChI=1S/C18H21ClN2O4S/c1-4-20-26(23,24)17-10-13(7-9-16(17)25-5-2)18(22)21-14-8-6-12(3)15(19)11-14/h6-11,20H,4-5H2,1-3H3,(H,21,22). The third kappa shape index (κ3) is 4.75. The Morgan fingerprint density at radius 2 is 1.88 bits per heavy atom. The number of rotatable bonds is 7. The van der Waals surface area contributed by atoms with Crippen molar-refractivity contribution in [2.75, 3.05) is 18.5 Å². The molecule has 0 spiro atoms. The Morgan fingerprint density at radius 3 is 2.50 bits per heavy atom. The Bertz CT molecular complexity index is 913. The SMILES string of the molecule is CCNS(=O)(=O)c1cc(C(=O)Nc2ccc(C)c(Cl)c2)ccc1OCC. The van der Waals surface area contributed by atoms with E-state index in [-0.39, 0.29) is 22.8 Å². The maximum Gasteiger partial charge on any atom is 0.255 e. The van der Waals surface area contributed by atoms with E-state index < -0.39 is 15.9 Å². The number of nitrogens with one attached hydrogen (secondary N) is 2. The normalized spacial score (nSPS) is 11.2. The van der Waals surface area contributed by atoms with Gasteiger partial charge in [-0.05, 0) is 49.7 Å². The number of ether oxygens (including phenoxy) is 1. The molecule has 0 saturated heterocycles. The van der Waals surface area contributed by atoms with Gasteiger partial charge in [0.2, 0.25) is 10.0 Å². The van der Waals surface area contributed by atoms with Crippen molar-refractivity contribution in [2.24, 2.45) is 0 Å². The van der Waals surface area contributed by atoms with Gasteiger partial charge in [0.1, 0.15) is 10.6 Å². The zero-order chi connectivity index (χ0) is 19.3. The number of sulfonamides is 1. The molecule has 2 N–H and O–H groups in total. The summed E-state index contributed by atoms with van der Waals surface area (Å²) in [5.41, 5.74) is 1.61. The average Bonchev–Trinajstić information content (AvgIpc) is 2.58. The molecule has 0 saturated carbocycles. The van der Waals surface area contributed by atoms with Crippen LogP contribution in [0.25, 0.3) is 0 Å². The van der Waals surface area contributed by atoms with Crippen LogP contribution in [0.4, 0.5) is 5.69 Å². The summed E-state index contributed by atoms with van der Waals surface area (Å²) in [6, 6.07) is 9.45. The maximum atomic E-state index is 12.5. The molecule has 2 rings (SSSR count). The van der Waals surface area contributed by atoms with Gasteiger partial charge in [-0.25, -0.2) is 13.1 Å². The van der Waals surface area contributed by atoms with Crippen molar-refractivity contribution in [3.63, 3.8) is 0 Å². The summed E-state index contributed by atoms with van der Waals surface area (Å²) in [7, 11) is -3.78. The zero-order valence-electron chi connectivity index (χ0n) is 14.8. The van der Waals surface area contributed by atoms with E-state index in [9.17, 15) is 13.2 Å². The first-order valence-electron chi connectivity index (χ1n) is 8.12. The van der Waals surface area contributed by atoms with Gasteiger partial charge < -0.3 is 10.1 Å². The highest BCUT2D eigenvalue weighted by molar-refractivity contribution is 7.89. The van der Waals surface area contributed by atoms with Crippen LogP contribution in [0.3, 0.4) is 0 Å². The minimum atomic E-state index is -3.78. The molecule has 0 unspecified atom stereocenters. The van der Waals surface area contributed by atoms with E-state index in [4.69, 9.17) is 16.3 Å². The van der Waals surface area contributed by atoms with E-state index in [0.29, 0.717) is 17.3 Å². The van der Waals surface area contributed by atoms with Crippen molar-refractivity contribution in [1.82, 2.24) is 4.72 Å². The largest absolute Gasteiger partial charge is 0.492 e. The summed E-state index contributed by atoms with van der Waals surface area (Å²) in [4.78, 5) is 12.4. The summed E-state index contributed by atoms with van der Waals surface area (Å²) in [5.74, 6) is -0.246. The van der Waals surface area contributed by atoms with Crippen LogP contribution >= 0.6 is 11.6 Å². The second-order valence-electron chi connectivity index (χ2n) is 5.51. The van der Waals surface area contributed by atoms with Gasteiger partial charge in [-0.3, -0.25) is 4.79 Å². The molecule has 0 aliphatic heterocycles. The van der Waals surface area contributed by atoms with E-state index in [0.717, 1.165) is 5.56 Å². The van der Waals surface area contributed by atoms with Crippen LogP contribution in [0.5, 0.6) is 5.75 Å². The molecule has 2 aromatic rings. The highest BCUT2D eigenvalue weighted by atomic mass is 35.5. The topological polar surface area (TPSA) is 84.5 Å².